The van der Waals surface area contributed by atoms with Crippen molar-refractivity contribution in [3.63, 3.8) is 0 Å². The minimum atomic E-state index is -0.382. The highest BCUT2D eigenvalue weighted by Gasteiger charge is 2.16. The van der Waals surface area contributed by atoms with E-state index in [2.05, 4.69) is 5.32 Å². The second-order valence-electron chi connectivity index (χ2n) is 5.00. The van der Waals surface area contributed by atoms with Gasteiger partial charge in [0.05, 0.1) is 5.92 Å². The van der Waals surface area contributed by atoms with Crippen LogP contribution in [0.2, 0.25) is 0 Å². The summed E-state index contributed by atoms with van der Waals surface area (Å²) in [4.78, 5) is 12.1. The highest BCUT2D eigenvalue weighted by atomic mass is 16.3. The first-order chi connectivity index (χ1) is 10.1. The van der Waals surface area contributed by atoms with Crippen molar-refractivity contribution in [2.24, 2.45) is 0 Å². The summed E-state index contributed by atoms with van der Waals surface area (Å²) in [5, 5.41) is 21.6. The molecule has 0 aliphatic rings. The molecule has 0 bridgehead atoms. The number of carbonyl (C=O) groups is 1. The highest BCUT2D eigenvalue weighted by Crippen LogP contribution is 2.28. The lowest BCUT2D eigenvalue weighted by atomic mass is 9.99. The van der Waals surface area contributed by atoms with Crippen LogP contribution in [0, 0.1) is 0 Å². The van der Waals surface area contributed by atoms with E-state index in [1.165, 1.54) is 17.7 Å². The predicted octanol–water partition coefficient (Wildman–Crippen LogP) is 2.56. The molecule has 1 amide bonds. The SMILES string of the molecule is CC(C(=O)NCCc1ccccc1)c1ccc(O)c(O)c1. The van der Waals surface area contributed by atoms with Gasteiger partial charge in [-0.1, -0.05) is 36.4 Å². The lowest BCUT2D eigenvalue weighted by Gasteiger charge is -2.13. The first-order valence-corrected chi connectivity index (χ1v) is 6.91. The smallest absolute Gasteiger partial charge is 0.227 e. The highest BCUT2D eigenvalue weighted by molar-refractivity contribution is 5.83. The molecule has 110 valence electrons. The van der Waals surface area contributed by atoms with Crippen LogP contribution in [0.5, 0.6) is 11.5 Å². The standard InChI is InChI=1S/C17H19NO3/c1-12(14-7-8-15(19)16(20)11-14)17(21)18-10-9-13-5-3-2-4-6-13/h2-8,11-12,19-20H,9-10H2,1H3,(H,18,21). The summed E-state index contributed by atoms with van der Waals surface area (Å²) in [6.07, 6.45) is 0.778. The van der Waals surface area contributed by atoms with Crippen molar-refractivity contribution in [2.45, 2.75) is 19.3 Å². The second kappa shape index (κ2) is 6.79. The third-order valence-corrected chi connectivity index (χ3v) is 3.45. The van der Waals surface area contributed by atoms with E-state index in [9.17, 15) is 15.0 Å². The Hall–Kier alpha value is -2.49. The van der Waals surface area contributed by atoms with Crippen LogP contribution in [0.4, 0.5) is 0 Å². The third-order valence-electron chi connectivity index (χ3n) is 3.45. The first-order valence-electron chi connectivity index (χ1n) is 6.91. The van der Waals surface area contributed by atoms with Crippen LogP contribution < -0.4 is 5.32 Å². The lowest BCUT2D eigenvalue weighted by Crippen LogP contribution is -2.29. The molecule has 2 aromatic rings. The summed E-state index contributed by atoms with van der Waals surface area (Å²) >= 11 is 0. The number of rotatable bonds is 5. The summed E-state index contributed by atoms with van der Waals surface area (Å²) in [7, 11) is 0. The average Bonchev–Trinajstić information content (AvgIpc) is 2.50. The van der Waals surface area contributed by atoms with E-state index < -0.39 is 0 Å². The fourth-order valence-electron chi connectivity index (χ4n) is 2.09. The minimum absolute atomic E-state index is 0.101. The fourth-order valence-corrected chi connectivity index (χ4v) is 2.09. The van der Waals surface area contributed by atoms with Gasteiger partial charge in [0.15, 0.2) is 11.5 Å². The van der Waals surface area contributed by atoms with Crippen LogP contribution in [0.25, 0.3) is 0 Å². The Morgan fingerprint density at radius 1 is 1.10 bits per heavy atom. The monoisotopic (exact) mass is 285 g/mol. The van der Waals surface area contributed by atoms with Gasteiger partial charge in [-0.3, -0.25) is 4.79 Å². The Morgan fingerprint density at radius 3 is 2.48 bits per heavy atom. The average molecular weight is 285 g/mol. The van der Waals surface area contributed by atoms with E-state index in [0.29, 0.717) is 12.1 Å². The predicted molar refractivity (Wildman–Crippen MR) is 81.3 cm³/mol. The normalized spacial score (nSPS) is 11.9. The van der Waals surface area contributed by atoms with Gasteiger partial charge in [0.2, 0.25) is 5.91 Å². The molecule has 0 saturated heterocycles. The summed E-state index contributed by atoms with van der Waals surface area (Å²) in [5.41, 5.74) is 1.84. The van der Waals surface area contributed by atoms with Crippen LogP contribution >= 0.6 is 0 Å². The molecule has 4 nitrogen and oxygen atoms in total. The molecule has 0 radical (unpaired) electrons. The van der Waals surface area contributed by atoms with Crippen LogP contribution in [0.3, 0.4) is 0 Å². The van der Waals surface area contributed by atoms with Crippen molar-refractivity contribution in [3.8, 4) is 11.5 Å². The summed E-state index contributed by atoms with van der Waals surface area (Å²) in [6.45, 7) is 2.33. The van der Waals surface area contributed by atoms with Crippen LogP contribution in [-0.4, -0.2) is 22.7 Å². The van der Waals surface area contributed by atoms with E-state index in [1.807, 2.05) is 30.3 Å². The van der Waals surface area contributed by atoms with Gasteiger partial charge >= 0.3 is 0 Å². The second-order valence-corrected chi connectivity index (χ2v) is 5.00. The van der Waals surface area contributed by atoms with Crippen molar-refractivity contribution < 1.29 is 15.0 Å². The van der Waals surface area contributed by atoms with E-state index in [1.54, 1.807) is 13.0 Å². The number of amides is 1. The molecule has 21 heavy (non-hydrogen) atoms. The topological polar surface area (TPSA) is 69.6 Å². The van der Waals surface area contributed by atoms with E-state index >= 15 is 0 Å². The van der Waals surface area contributed by atoms with Gasteiger partial charge in [-0.15, -0.1) is 0 Å². The molecule has 2 aromatic carbocycles. The Labute approximate surface area is 124 Å². The van der Waals surface area contributed by atoms with Crippen LogP contribution in [0.1, 0.15) is 24.0 Å². The molecule has 0 aromatic heterocycles. The number of hydrogen-bond donors (Lipinski definition) is 3. The zero-order chi connectivity index (χ0) is 15.2. The molecule has 0 spiro atoms. The maximum absolute atomic E-state index is 12.1. The van der Waals surface area contributed by atoms with Crippen LogP contribution in [0.15, 0.2) is 48.5 Å². The Bertz CT molecular complexity index is 611. The zero-order valence-electron chi connectivity index (χ0n) is 11.9. The van der Waals surface area contributed by atoms with Gasteiger partial charge in [0.1, 0.15) is 0 Å². The molecular weight excluding hydrogens is 266 g/mol. The molecule has 0 aliphatic heterocycles. The van der Waals surface area contributed by atoms with Gasteiger partial charge in [-0.05, 0) is 36.6 Å². The maximum Gasteiger partial charge on any atom is 0.227 e. The molecule has 3 N–H and O–H groups in total. The molecule has 0 heterocycles. The Morgan fingerprint density at radius 2 is 1.81 bits per heavy atom. The van der Waals surface area contributed by atoms with E-state index in [4.69, 9.17) is 0 Å². The Balaban J connectivity index is 1.89. The molecule has 0 fully saturated rings. The van der Waals surface area contributed by atoms with E-state index in [-0.39, 0.29) is 23.3 Å². The van der Waals surface area contributed by atoms with Gasteiger partial charge in [0, 0.05) is 6.54 Å². The zero-order valence-corrected chi connectivity index (χ0v) is 11.9. The van der Waals surface area contributed by atoms with Gasteiger partial charge in [-0.25, -0.2) is 0 Å². The number of phenolic OH excluding ortho intramolecular Hbond substituents is 2. The molecule has 0 saturated carbocycles. The van der Waals surface area contributed by atoms with Crippen molar-refractivity contribution in [1.29, 1.82) is 0 Å². The largest absolute Gasteiger partial charge is 0.504 e. The van der Waals surface area contributed by atoms with Crippen molar-refractivity contribution in [3.05, 3.63) is 59.7 Å². The van der Waals surface area contributed by atoms with Crippen molar-refractivity contribution in [2.75, 3.05) is 6.54 Å². The third kappa shape index (κ3) is 3.99. The summed E-state index contributed by atoms with van der Waals surface area (Å²) < 4.78 is 0. The quantitative estimate of drug-likeness (QED) is 0.739. The van der Waals surface area contributed by atoms with Gasteiger partial charge in [0.25, 0.3) is 0 Å². The number of nitrogens with one attached hydrogen (secondary N) is 1. The first kappa shape index (κ1) is 14.9. The molecule has 1 unspecified atom stereocenters. The van der Waals surface area contributed by atoms with Crippen molar-refractivity contribution >= 4 is 5.91 Å². The summed E-state index contributed by atoms with van der Waals surface area (Å²) in [6, 6.07) is 14.4. The molecular formula is C17H19NO3. The number of benzene rings is 2. The molecule has 0 aliphatic carbocycles. The number of aromatic hydroxyl groups is 2. The maximum atomic E-state index is 12.1. The molecule has 1 atom stereocenters. The number of phenols is 2. The lowest BCUT2D eigenvalue weighted by molar-refractivity contribution is -0.122. The fraction of sp³-hybridized carbons (Fsp3) is 0.235. The Kier molecular flexibility index (Phi) is 4.82. The van der Waals surface area contributed by atoms with Gasteiger partial charge < -0.3 is 15.5 Å². The minimum Gasteiger partial charge on any atom is -0.504 e. The van der Waals surface area contributed by atoms with Crippen molar-refractivity contribution in [1.82, 2.24) is 5.32 Å². The number of carbonyl (C=O) groups excluding carboxylic acids is 1. The number of hydrogen-bond acceptors (Lipinski definition) is 3. The summed E-state index contributed by atoms with van der Waals surface area (Å²) in [5.74, 6) is -0.879. The van der Waals surface area contributed by atoms with Crippen LogP contribution in [-0.2, 0) is 11.2 Å². The molecule has 4 heteroatoms. The molecule has 2 rings (SSSR count). The van der Waals surface area contributed by atoms with E-state index in [0.717, 1.165) is 6.42 Å². The van der Waals surface area contributed by atoms with Gasteiger partial charge in [-0.2, -0.15) is 0 Å².